The molecule has 1 aliphatic carbocycles. The lowest BCUT2D eigenvalue weighted by Crippen LogP contribution is -2.09. The number of aryl methyl sites for hydroxylation is 2. The molecule has 0 aliphatic heterocycles. The second kappa shape index (κ2) is 4.97. The first-order valence-corrected chi connectivity index (χ1v) is 7.24. The summed E-state index contributed by atoms with van der Waals surface area (Å²) >= 11 is 3.41. The maximum Gasteiger partial charge on any atom is 0.147 e. The fraction of sp³-hybridized carbons (Fsp3) is 0.250. The van der Waals surface area contributed by atoms with Crippen molar-refractivity contribution < 1.29 is 4.39 Å². The van der Waals surface area contributed by atoms with Gasteiger partial charge in [-0.2, -0.15) is 0 Å². The minimum atomic E-state index is -0.213. The van der Waals surface area contributed by atoms with E-state index >= 15 is 0 Å². The van der Waals surface area contributed by atoms with Gasteiger partial charge in [0.2, 0.25) is 0 Å². The predicted octanol–water partition coefficient (Wildman–Crippen LogP) is 5.00. The predicted molar refractivity (Wildman–Crippen MR) is 80.0 cm³/mol. The average Bonchev–Trinajstić information content (AvgIpc) is 2.76. The fourth-order valence-electron chi connectivity index (χ4n) is 2.68. The molecule has 0 saturated carbocycles. The molecule has 0 spiro atoms. The van der Waals surface area contributed by atoms with Gasteiger partial charge in [-0.25, -0.2) is 4.39 Å². The van der Waals surface area contributed by atoms with Gasteiger partial charge < -0.3 is 5.32 Å². The van der Waals surface area contributed by atoms with Crippen LogP contribution < -0.4 is 5.32 Å². The number of hydrogen-bond donors (Lipinski definition) is 1. The molecule has 0 heterocycles. The number of fused-ring (bicyclic) bond motifs is 1. The lowest BCUT2D eigenvalue weighted by atomic mass is 10.0. The van der Waals surface area contributed by atoms with E-state index in [1.807, 2.05) is 6.07 Å². The Hall–Kier alpha value is -1.35. The van der Waals surface area contributed by atoms with Gasteiger partial charge in [0.25, 0.3) is 0 Å². The number of benzene rings is 2. The van der Waals surface area contributed by atoms with Crippen molar-refractivity contribution in [1.29, 1.82) is 0 Å². The minimum absolute atomic E-state index is 0.197. The number of hydrogen-bond acceptors (Lipinski definition) is 1. The lowest BCUT2D eigenvalue weighted by molar-refractivity contribution is 0.624. The molecule has 2 aromatic carbocycles. The Kier molecular flexibility index (Phi) is 3.31. The van der Waals surface area contributed by atoms with E-state index in [1.165, 1.54) is 22.8 Å². The zero-order valence-electron chi connectivity index (χ0n) is 10.7. The summed E-state index contributed by atoms with van der Waals surface area (Å²) in [4.78, 5) is 0. The van der Waals surface area contributed by atoms with Gasteiger partial charge in [0.05, 0.1) is 11.7 Å². The van der Waals surface area contributed by atoms with Crippen LogP contribution in [0.2, 0.25) is 0 Å². The quantitative estimate of drug-likeness (QED) is 0.821. The first-order valence-electron chi connectivity index (χ1n) is 6.45. The maximum atomic E-state index is 13.9. The maximum absolute atomic E-state index is 13.9. The van der Waals surface area contributed by atoms with E-state index in [0.717, 1.165) is 17.3 Å². The summed E-state index contributed by atoms with van der Waals surface area (Å²) in [5.41, 5.74) is 4.48. The van der Waals surface area contributed by atoms with E-state index in [-0.39, 0.29) is 11.9 Å². The van der Waals surface area contributed by atoms with Gasteiger partial charge in [-0.15, -0.1) is 0 Å². The van der Waals surface area contributed by atoms with E-state index in [9.17, 15) is 4.39 Å². The summed E-state index contributed by atoms with van der Waals surface area (Å²) in [6.45, 7) is 2.09. The Morgan fingerprint density at radius 1 is 1.26 bits per heavy atom. The Morgan fingerprint density at radius 2 is 2.11 bits per heavy atom. The SMILES string of the molecule is Cc1ccc2c(c1)C(Nc1c(F)cccc1Br)CC2. The standard InChI is InChI=1S/C16H15BrFN/c1-10-5-6-11-7-8-15(12(11)9-10)19-16-13(17)3-2-4-14(16)18/h2-6,9,15,19H,7-8H2,1H3. The van der Waals surface area contributed by atoms with Crippen LogP contribution in [0, 0.1) is 12.7 Å². The lowest BCUT2D eigenvalue weighted by Gasteiger charge is -2.17. The van der Waals surface area contributed by atoms with Crippen molar-refractivity contribution in [3.8, 4) is 0 Å². The monoisotopic (exact) mass is 319 g/mol. The van der Waals surface area contributed by atoms with Crippen LogP contribution in [0.1, 0.15) is 29.2 Å². The van der Waals surface area contributed by atoms with E-state index < -0.39 is 0 Å². The Morgan fingerprint density at radius 3 is 2.89 bits per heavy atom. The van der Waals surface area contributed by atoms with E-state index in [0.29, 0.717) is 5.69 Å². The zero-order valence-corrected chi connectivity index (χ0v) is 12.3. The van der Waals surface area contributed by atoms with Gasteiger partial charge >= 0.3 is 0 Å². The highest BCUT2D eigenvalue weighted by atomic mass is 79.9. The van der Waals surface area contributed by atoms with Gasteiger partial charge in [-0.1, -0.05) is 29.8 Å². The van der Waals surface area contributed by atoms with Crippen LogP contribution in [0.25, 0.3) is 0 Å². The van der Waals surface area contributed by atoms with E-state index in [4.69, 9.17) is 0 Å². The van der Waals surface area contributed by atoms with Crippen molar-refractivity contribution in [3.63, 3.8) is 0 Å². The highest BCUT2D eigenvalue weighted by Crippen LogP contribution is 2.37. The average molecular weight is 320 g/mol. The van der Waals surface area contributed by atoms with Gasteiger partial charge in [0, 0.05) is 4.47 Å². The van der Waals surface area contributed by atoms with Crippen LogP contribution >= 0.6 is 15.9 Å². The Bertz CT molecular complexity index is 604. The number of nitrogens with one attached hydrogen (secondary N) is 1. The highest BCUT2D eigenvalue weighted by Gasteiger charge is 2.23. The number of anilines is 1. The zero-order chi connectivity index (χ0) is 13.4. The van der Waals surface area contributed by atoms with Crippen molar-refractivity contribution in [3.05, 3.63) is 63.4 Å². The Labute approximate surface area is 121 Å². The summed E-state index contributed by atoms with van der Waals surface area (Å²) < 4.78 is 14.6. The molecule has 1 aliphatic rings. The molecule has 1 unspecified atom stereocenters. The third-order valence-corrected chi connectivity index (χ3v) is 4.32. The van der Waals surface area contributed by atoms with Crippen molar-refractivity contribution in [2.24, 2.45) is 0 Å². The third-order valence-electron chi connectivity index (χ3n) is 3.66. The van der Waals surface area contributed by atoms with Gasteiger partial charge in [-0.05, 0) is 59.0 Å². The number of para-hydroxylation sites is 1. The molecular weight excluding hydrogens is 305 g/mol. The van der Waals surface area contributed by atoms with Gasteiger partial charge in [-0.3, -0.25) is 0 Å². The van der Waals surface area contributed by atoms with Crippen LogP contribution in [0.4, 0.5) is 10.1 Å². The van der Waals surface area contributed by atoms with Crippen LogP contribution in [0.15, 0.2) is 40.9 Å². The molecule has 3 rings (SSSR count). The summed E-state index contributed by atoms with van der Waals surface area (Å²) in [7, 11) is 0. The minimum Gasteiger partial charge on any atom is -0.375 e. The molecule has 0 bridgehead atoms. The molecule has 19 heavy (non-hydrogen) atoms. The molecule has 3 heteroatoms. The van der Waals surface area contributed by atoms with Crippen molar-refractivity contribution in [1.82, 2.24) is 0 Å². The molecule has 2 aromatic rings. The first-order chi connectivity index (χ1) is 9.15. The molecule has 0 fully saturated rings. The molecule has 0 saturated heterocycles. The smallest absolute Gasteiger partial charge is 0.147 e. The van der Waals surface area contributed by atoms with Crippen LogP contribution in [0.5, 0.6) is 0 Å². The summed E-state index contributed by atoms with van der Waals surface area (Å²) in [5, 5.41) is 3.34. The number of halogens is 2. The largest absolute Gasteiger partial charge is 0.375 e. The molecule has 1 N–H and O–H groups in total. The molecule has 98 valence electrons. The number of rotatable bonds is 2. The highest BCUT2D eigenvalue weighted by molar-refractivity contribution is 9.10. The first kappa shape index (κ1) is 12.7. The van der Waals surface area contributed by atoms with Crippen LogP contribution in [-0.4, -0.2) is 0 Å². The van der Waals surface area contributed by atoms with Gasteiger partial charge in [0.15, 0.2) is 0 Å². The molecule has 0 amide bonds. The van der Waals surface area contributed by atoms with E-state index in [1.54, 1.807) is 6.07 Å². The molecule has 1 nitrogen and oxygen atoms in total. The summed E-state index contributed by atoms with van der Waals surface area (Å²) in [6, 6.07) is 11.8. The van der Waals surface area contributed by atoms with Crippen molar-refractivity contribution in [2.45, 2.75) is 25.8 Å². The molecule has 1 atom stereocenters. The Balaban J connectivity index is 1.93. The van der Waals surface area contributed by atoms with Crippen LogP contribution in [-0.2, 0) is 6.42 Å². The third kappa shape index (κ3) is 2.39. The summed E-state index contributed by atoms with van der Waals surface area (Å²) in [5.74, 6) is -0.213. The molecular formula is C16H15BrFN. The fourth-order valence-corrected chi connectivity index (χ4v) is 3.14. The topological polar surface area (TPSA) is 12.0 Å². The second-order valence-electron chi connectivity index (χ2n) is 5.03. The second-order valence-corrected chi connectivity index (χ2v) is 5.89. The van der Waals surface area contributed by atoms with Crippen molar-refractivity contribution in [2.75, 3.05) is 5.32 Å². The van der Waals surface area contributed by atoms with Gasteiger partial charge in [0.1, 0.15) is 5.82 Å². The van der Waals surface area contributed by atoms with Crippen LogP contribution in [0.3, 0.4) is 0 Å². The summed E-state index contributed by atoms with van der Waals surface area (Å²) in [6.07, 6.45) is 2.07. The normalized spacial score (nSPS) is 17.3. The van der Waals surface area contributed by atoms with Crippen molar-refractivity contribution >= 4 is 21.6 Å². The van der Waals surface area contributed by atoms with E-state index in [2.05, 4.69) is 46.4 Å². The molecule has 0 aromatic heterocycles. The molecule has 0 radical (unpaired) electrons.